The van der Waals surface area contributed by atoms with Crippen LogP contribution in [0.15, 0.2) is 22.7 Å². The molecule has 0 spiro atoms. The van der Waals surface area contributed by atoms with E-state index in [1.165, 1.54) is 0 Å². The molecular weight excluding hydrogens is 244 g/mol. The maximum Gasteiger partial charge on any atom is 0.137 e. The van der Waals surface area contributed by atoms with Crippen LogP contribution in [0.1, 0.15) is 18.9 Å². The maximum atomic E-state index is 11.3. The molecule has 0 aliphatic carbocycles. The Morgan fingerprint density at radius 2 is 2.21 bits per heavy atom. The van der Waals surface area contributed by atoms with Crippen LogP contribution in [0, 0.1) is 0 Å². The highest BCUT2D eigenvalue weighted by Gasteiger charge is 2.06. The first-order valence-corrected chi connectivity index (χ1v) is 5.30. The summed E-state index contributed by atoms with van der Waals surface area (Å²) in [6, 6.07) is 5.65. The normalized spacial score (nSPS) is 9.93. The van der Waals surface area contributed by atoms with Gasteiger partial charge in [-0.3, -0.25) is 4.79 Å². The van der Waals surface area contributed by atoms with Crippen LogP contribution in [0.4, 0.5) is 0 Å². The van der Waals surface area contributed by atoms with Gasteiger partial charge >= 0.3 is 0 Å². The Kier molecular flexibility index (Phi) is 4.14. The first kappa shape index (κ1) is 11.2. The van der Waals surface area contributed by atoms with Crippen molar-refractivity contribution < 1.29 is 9.53 Å². The molecule has 0 heterocycles. The zero-order valence-electron chi connectivity index (χ0n) is 8.34. The number of methoxy groups -OCH3 is 1. The molecule has 3 heteroatoms. The predicted molar refractivity (Wildman–Crippen MR) is 59.7 cm³/mol. The molecule has 0 fully saturated rings. The van der Waals surface area contributed by atoms with Gasteiger partial charge in [0.2, 0.25) is 0 Å². The number of carbonyl (C=O) groups excluding carboxylic acids is 1. The number of ether oxygens (including phenoxy) is 1. The fourth-order valence-electron chi connectivity index (χ4n) is 1.15. The van der Waals surface area contributed by atoms with E-state index in [9.17, 15) is 4.79 Å². The van der Waals surface area contributed by atoms with Crippen molar-refractivity contribution >= 4 is 21.7 Å². The fourth-order valence-corrected chi connectivity index (χ4v) is 1.54. The lowest BCUT2D eigenvalue weighted by Crippen LogP contribution is -2.01. The Labute approximate surface area is 92.4 Å². The second kappa shape index (κ2) is 5.15. The smallest absolute Gasteiger partial charge is 0.137 e. The van der Waals surface area contributed by atoms with Gasteiger partial charge in [0.25, 0.3) is 0 Å². The third kappa shape index (κ3) is 2.84. The molecule has 0 aromatic heterocycles. The van der Waals surface area contributed by atoms with E-state index in [2.05, 4.69) is 15.9 Å². The van der Waals surface area contributed by atoms with Crippen LogP contribution < -0.4 is 4.74 Å². The van der Waals surface area contributed by atoms with E-state index in [1.54, 1.807) is 7.11 Å². The summed E-state index contributed by atoms with van der Waals surface area (Å²) in [4.78, 5) is 11.3. The molecule has 1 aromatic carbocycles. The summed E-state index contributed by atoms with van der Waals surface area (Å²) in [5.74, 6) is 1.02. The van der Waals surface area contributed by atoms with E-state index in [1.807, 2.05) is 25.1 Å². The Balaban J connectivity index is 2.89. The fraction of sp³-hybridized carbons (Fsp3) is 0.364. The van der Waals surface area contributed by atoms with Gasteiger partial charge < -0.3 is 4.74 Å². The average Bonchev–Trinajstić information content (AvgIpc) is 2.21. The number of carbonyl (C=O) groups is 1. The van der Waals surface area contributed by atoms with E-state index in [4.69, 9.17) is 4.74 Å². The molecule has 0 saturated heterocycles. The van der Waals surface area contributed by atoms with E-state index >= 15 is 0 Å². The largest absolute Gasteiger partial charge is 0.497 e. The second-order valence-corrected chi connectivity index (χ2v) is 3.88. The number of ketones is 1. The Bertz CT molecular complexity index is 334. The molecule has 0 unspecified atom stereocenters. The highest BCUT2D eigenvalue weighted by molar-refractivity contribution is 9.10. The lowest BCUT2D eigenvalue weighted by atomic mass is 10.1. The third-order valence-electron chi connectivity index (χ3n) is 2.03. The second-order valence-electron chi connectivity index (χ2n) is 3.03. The van der Waals surface area contributed by atoms with Crippen LogP contribution in [0.2, 0.25) is 0 Å². The van der Waals surface area contributed by atoms with Gasteiger partial charge in [-0.2, -0.15) is 0 Å². The topological polar surface area (TPSA) is 26.3 Å². The zero-order valence-corrected chi connectivity index (χ0v) is 9.93. The highest BCUT2D eigenvalue weighted by Crippen LogP contribution is 2.23. The van der Waals surface area contributed by atoms with Gasteiger partial charge in [-0.05, 0) is 23.8 Å². The third-order valence-corrected chi connectivity index (χ3v) is 2.81. The minimum absolute atomic E-state index is 0.235. The van der Waals surface area contributed by atoms with Crippen LogP contribution in [-0.2, 0) is 11.2 Å². The van der Waals surface area contributed by atoms with Crippen LogP contribution in [0.25, 0.3) is 0 Å². The van der Waals surface area contributed by atoms with Gasteiger partial charge in [0.15, 0.2) is 0 Å². The molecule has 0 amide bonds. The van der Waals surface area contributed by atoms with Crippen molar-refractivity contribution in [2.75, 3.05) is 7.11 Å². The van der Waals surface area contributed by atoms with Crippen molar-refractivity contribution in [2.45, 2.75) is 19.8 Å². The number of hydrogen-bond acceptors (Lipinski definition) is 2. The number of rotatable bonds is 4. The molecule has 0 aliphatic heterocycles. The quantitative estimate of drug-likeness (QED) is 0.828. The van der Waals surface area contributed by atoms with E-state index in [0.29, 0.717) is 12.8 Å². The minimum atomic E-state index is 0.235. The Morgan fingerprint density at radius 3 is 2.79 bits per heavy atom. The summed E-state index contributed by atoms with van der Waals surface area (Å²) < 4.78 is 6.05. The molecule has 1 aromatic rings. The van der Waals surface area contributed by atoms with Gasteiger partial charge in [0.05, 0.1) is 7.11 Å². The van der Waals surface area contributed by atoms with Gasteiger partial charge in [-0.25, -0.2) is 0 Å². The van der Waals surface area contributed by atoms with Gasteiger partial charge in [0.1, 0.15) is 11.5 Å². The first-order chi connectivity index (χ1) is 6.67. The molecule has 76 valence electrons. The Hall–Kier alpha value is -0.830. The van der Waals surface area contributed by atoms with Crippen molar-refractivity contribution in [3.63, 3.8) is 0 Å². The zero-order chi connectivity index (χ0) is 10.6. The van der Waals surface area contributed by atoms with E-state index < -0.39 is 0 Å². The molecular formula is C11H13BrO2. The van der Waals surface area contributed by atoms with Crippen molar-refractivity contribution in [1.29, 1.82) is 0 Å². The SMILES string of the molecule is CCC(=O)Cc1cc(OC)ccc1Br. The van der Waals surface area contributed by atoms with Crippen LogP contribution >= 0.6 is 15.9 Å². The average molecular weight is 257 g/mol. The van der Waals surface area contributed by atoms with Crippen LogP contribution in [-0.4, -0.2) is 12.9 Å². The molecule has 0 bridgehead atoms. The van der Waals surface area contributed by atoms with E-state index in [0.717, 1.165) is 15.8 Å². The summed E-state index contributed by atoms with van der Waals surface area (Å²) in [6.45, 7) is 1.87. The van der Waals surface area contributed by atoms with Crippen molar-refractivity contribution in [1.82, 2.24) is 0 Å². The minimum Gasteiger partial charge on any atom is -0.497 e. The molecule has 0 atom stereocenters. The predicted octanol–water partition coefficient (Wildman–Crippen LogP) is 2.98. The summed E-state index contributed by atoms with van der Waals surface area (Å²) in [6.07, 6.45) is 1.04. The molecule has 2 nitrogen and oxygen atoms in total. The van der Waals surface area contributed by atoms with Crippen LogP contribution in [0.3, 0.4) is 0 Å². The van der Waals surface area contributed by atoms with Gasteiger partial charge in [0, 0.05) is 17.3 Å². The summed E-state index contributed by atoms with van der Waals surface area (Å²) in [5, 5.41) is 0. The van der Waals surface area contributed by atoms with Gasteiger partial charge in [-0.15, -0.1) is 0 Å². The first-order valence-electron chi connectivity index (χ1n) is 4.51. The number of halogens is 1. The van der Waals surface area contributed by atoms with Crippen LogP contribution in [0.5, 0.6) is 5.75 Å². The lowest BCUT2D eigenvalue weighted by molar-refractivity contribution is -0.118. The maximum absolute atomic E-state index is 11.3. The van der Waals surface area contributed by atoms with E-state index in [-0.39, 0.29) is 5.78 Å². The number of benzene rings is 1. The summed E-state index contributed by atoms with van der Waals surface area (Å²) in [5.41, 5.74) is 0.983. The molecule has 14 heavy (non-hydrogen) atoms. The molecule has 0 radical (unpaired) electrons. The Morgan fingerprint density at radius 1 is 1.50 bits per heavy atom. The standard InChI is InChI=1S/C11H13BrO2/c1-3-9(13)6-8-7-10(14-2)4-5-11(8)12/h4-5,7H,3,6H2,1-2H3. The molecule has 1 rings (SSSR count). The highest BCUT2D eigenvalue weighted by atomic mass is 79.9. The summed E-state index contributed by atoms with van der Waals surface area (Å²) >= 11 is 3.41. The monoisotopic (exact) mass is 256 g/mol. The number of Topliss-reactive ketones (excluding diaryl/α,β-unsaturated/α-hetero) is 1. The van der Waals surface area contributed by atoms with Crippen molar-refractivity contribution in [3.8, 4) is 5.75 Å². The molecule has 0 aliphatic rings. The van der Waals surface area contributed by atoms with Crippen molar-refractivity contribution in [2.24, 2.45) is 0 Å². The molecule has 0 N–H and O–H groups in total. The lowest BCUT2D eigenvalue weighted by Gasteiger charge is -2.05. The van der Waals surface area contributed by atoms with Gasteiger partial charge in [-0.1, -0.05) is 22.9 Å². The summed E-state index contributed by atoms with van der Waals surface area (Å²) in [7, 11) is 1.62. The molecule has 0 saturated carbocycles. The number of hydrogen-bond donors (Lipinski definition) is 0. The van der Waals surface area contributed by atoms with Crippen molar-refractivity contribution in [3.05, 3.63) is 28.2 Å².